The fourth-order valence-electron chi connectivity index (χ4n) is 8.96. The number of rotatable bonds is 5. The fourth-order valence-corrected chi connectivity index (χ4v) is 8.96. The minimum atomic E-state index is 0.696. The Balaban J connectivity index is 1.03. The molecule has 0 atom stereocenters. The van der Waals surface area contributed by atoms with Gasteiger partial charge in [-0.15, -0.1) is 0 Å². The zero-order valence-electron chi connectivity index (χ0n) is 31.4. The molecule has 0 fully saturated rings. The van der Waals surface area contributed by atoms with Crippen LogP contribution in [0, 0.1) is 0 Å². The molecule has 0 spiro atoms. The number of benzene rings is 9. The molecule has 0 aliphatic rings. The highest BCUT2D eigenvalue weighted by Gasteiger charge is 2.20. The van der Waals surface area contributed by atoms with E-state index in [1.807, 2.05) is 6.07 Å². The standard InChI is InChI=1S/C54H34N4/c1-2-15-37(16-3-1)47-34-48(40-26-25-35-13-4-5-17-39(35)31-40)56-54(55-47)38-27-29-41(30-28-38)57-50-22-10-8-20-43(50)45-33-53-46(32-52(45)57)44-21-9-11-23-51(44)58(53)49-24-12-18-36-14-6-7-19-42(36)49/h1-34H. The molecule has 58 heavy (non-hydrogen) atoms. The second-order valence-corrected chi connectivity index (χ2v) is 15.0. The molecule has 0 amide bonds. The normalized spacial score (nSPS) is 11.8. The van der Waals surface area contributed by atoms with Gasteiger partial charge in [-0.3, -0.25) is 0 Å². The summed E-state index contributed by atoms with van der Waals surface area (Å²) < 4.78 is 4.85. The minimum absolute atomic E-state index is 0.696. The highest BCUT2D eigenvalue weighted by atomic mass is 15.0. The molecular weight excluding hydrogens is 705 g/mol. The molecule has 0 unspecified atom stereocenters. The Morgan fingerprint density at radius 2 is 0.845 bits per heavy atom. The summed E-state index contributed by atoms with van der Waals surface area (Å²) in [6, 6.07) is 73.8. The lowest BCUT2D eigenvalue weighted by atomic mass is 10.0. The van der Waals surface area contributed by atoms with Gasteiger partial charge in [0.2, 0.25) is 0 Å². The summed E-state index contributed by atoms with van der Waals surface area (Å²) >= 11 is 0. The first kappa shape index (κ1) is 32.4. The van der Waals surface area contributed by atoms with Gasteiger partial charge in [0.25, 0.3) is 0 Å². The predicted molar refractivity (Wildman–Crippen MR) is 242 cm³/mol. The molecule has 12 rings (SSSR count). The van der Waals surface area contributed by atoms with Gasteiger partial charge >= 0.3 is 0 Å². The van der Waals surface area contributed by atoms with Crippen LogP contribution in [0.2, 0.25) is 0 Å². The van der Waals surface area contributed by atoms with E-state index >= 15 is 0 Å². The lowest BCUT2D eigenvalue weighted by molar-refractivity contribution is 1.16. The topological polar surface area (TPSA) is 35.6 Å². The average molecular weight is 739 g/mol. The molecule has 3 aromatic heterocycles. The minimum Gasteiger partial charge on any atom is -0.309 e. The average Bonchev–Trinajstić information content (AvgIpc) is 3.80. The smallest absolute Gasteiger partial charge is 0.160 e. The summed E-state index contributed by atoms with van der Waals surface area (Å²) in [6.45, 7) is 0. The molecule has 3 heterocycles. The summed E-state index contributed by atoms with van der Waals surface area (Å²) in [5.74, 6) is 0.696. The van der Waals surface area contributed by atoms with Crippen LogP contribution < -0.4 is 0 Å². The van der Waals surface area contributed by atoms with E-state index in [9.17, 15) is 0 Å². The third-order valence-corrected chi connectivity index (χ3v) is 11.7. The van der Waals surface area contributed by atoms with Gasteiger partial charge in [0, 0.05) is 49.3 Å². The largest absolute Gasteiger partial charge is 0.309 e. The van der Waals surface area contributed by atoms with Crippen LogP contribution in [0.15, 0.2) is 206 Å². The Morgan fingerprint density at radius 3 is 1.59 bits per heavy atom. The van der Waals surface area contributed by atoms with E-state index in [1.54, 1.807) is 0 Å². The number of hydrogen-bond donors (Lipinski definition) is 0. The van der Waals surface area contributed by atoms with E-state index in [-0.39, 0.29) is 0 Å². The Hall–Kier alpha value is -7.82. The highest BCUT2D eigenvalue weighted by Crippen LogP contribution is 2.41. The van der Waals surface area contributed by atoms with Gasteiger partial charge in [0.05, 0.1) is 39.1 Å². The van der Waals surface area contributed by atoms with E-state index in [1.165, 1.54) is 70.8 Å². The van der Waals surface area contributed by atoms with Crippen molar-refractivity contribution < 1.29 is 0 Å². The molecule has 0 saturated heterocycles. The zero-order chi connectivity index (χ0) is 38.2. The molecule has 12 aromatic rings. The molecule has 0 radical (unpaired) electrons. The van der Waals surface area contributed by atoms with Crippen molar-refractivity contribution in [3.8, 4) is 45.3 Å². The van der Waals surface area contributed by atoms with Crippen LogP contribution in [0.4, 0.5) is 0 Å². The first-order chi connectivity index (χ1) is 28.7. The van der Waals surface area contributed by atoms with Crippen molar-refractivity contribution in [2.75, 3.05) is 0 Å². The maximum atomic E-state index is 5.19. The predicted octanol–water partition coefficient (Wildman–Crippen LogP) is 14.0. The Labute approximate surface area is 334 Å². The number of fused-ring (bicyclic) bond motifs is 8. The first-order valence-electron chi connectivity index (χ1n) is 19.7. The van der Waals surface area contributed by atoms with Gasteiger partial charge in [0.15, 0.2) is 5.82 Å². The van der Waals surface area contributed by atoms with E-state index in [0.29, 0.717) is 5.82 Å². The summed E-state index contributed by atoms with van der Waals surface area (Å²) in [4.78, 5) is 10.3. The van der Waals surface area contributed by atoms with Gasteiger partial charge in [-0.25, -0.2) is 9.97 Å². The Bertz CT molecular complexity index is 3550. The molecule has 0 aliphatic carbocycles. The number of para-hydroxylation sites is 2. The van der Waals surface area contributed by atoms with Crippen LogP contribution in [-0.4, -0.2) is 19.1 Å². The maximum absolute atomic E-state index is 5.19. The summed E-state index contributed by atoms with van der Waals surface area (Å²) in [5.41, 5.74) is 11.9. The second-order valence-electron chi connectivity index (χ2n) is 15.0. The summed E-state index contributed by atoms with van der Waals surface area (Å²) in [5, 5.41) is 9.76. The van der Waals surface area contributed by atoms with Gasteiger partial charge in [0.1, 0.15) is 0 Å². The molecule has 4 heteroatoms. The monoisotopic (exact) mass is 738 g/mol. The van der Waals surface area contributed by atoms with Crippen LogP contribution in [0.5, 0.6) is 0 Å². The van der Waals surface area contributed by atoms with Crippen molar-refractivity contribution in [2.24, 2.45) is 0 Å². The fraction of sp³-hybridized carbons (Fsp3) is 0. The van der Waals surface area contributed by atoms with E-state index in [4.69, 9.17) is 9.97 Å². The lowest BCUT2D eigenvalue weighted by Crippen LogP contribution is -1.97. The molecule has 270 valence electrons. The highest BCUT2D eigenvalue weighted by molar-refractivity contribution is 6.19. The lowest BCUT2D eigenvalue weighted by Gasteiger charge is -2.12. The van der Waals surface area contributed by atoms with E-state index < -0.39 is 0 Å². The molecule has 0 saturated carbocycles. The van der Waals surface area contributed by atoms with Crippen molar-refractivity contribution >= 4 is 65.2 Å². The van der Waals surface area contributed by atoms with Crippen LogP contribution in [-0.2, 0) is 0 Å². The SMILES string of the molecule is c1ccc(-c2cc(-c3ccc4ccccc4c3)nc(-c3ccc(-n4c5ccccc5c5cc6c(cc54)c4ccccc4n6-c4cccc5ccccc45)cc3)n2)cc1. The maximum Gasteiger partial charge on any atom is 0.160 e. The molecule has 4 nitrogen and oxygen atoms in total. The summed E-state index contributed by atoms with van der Waals surface area (Å²) in [7, 11) is 0. The number of aromatic nitrogens is 4. The second kappa shape index (κ2) is 12.9. The third kappa shape index (κ3) is 5.09. The van der Waals surface area contributed by atoms with Crippen LogP contribution >= 0.6 is 0 Å². The van der Waals surface area contributed by atoms with Gasteiger partial charge < -0.3 is 9.13 Å². The van der Waals surface area contributed by atoms with Crippen LogP contribution in [0.1, 0.15) is 0 Å². The van der Waals surface area contributed by atoms with Gasteiger partial charge in [-0.2, -0.15) is 0 Å². The molecule has 0 aliphatic heterocycles. The van der Waals surface area contributed by atoms with Crippen molar-refractivity contribution in [1.82, 2.24) is 19.1 Å². The van der Waals surface area contributed by atoms with E-state index in [2.05, 4.69) is 209 Å². The molecule has 0 bridgehead atoms. The third-order valence-electron chi connectivity index (χ3n) is 11.7. The molecule has 9 aromatic carbocycles. The van der Waals surface area contributed by atoms with Crippen molar-refractivity contribution in [3.05, 3.63) is 206 Å². The van der Waals surface area contributed by atoms with Crippen molar-refractivity contribution in [2.45, 2.75) is 0 Å². The van der Waals surface area contributed by atoms with Gasteiger partial charge in [-0.05, 0) is 82.9 Å². The molecular formula is C54H34N4. The van der Waals surface area contributed by atoms with E-state index in [0.717, 1.165) is 33.8 Å². The van der Waals surface area contributed by atoms with Crippen molar-refractivity contribution in [1.29, 1.82) is 0 Å². The number of hydrogen-bond acceptors (Lipinski definition) is 2. The van der Waals surface area contributed by atoms with Gasteiger partial charge in [-0.1, -0.05) is 140 Å². The van der Waals surface area contributed by atoms with Crippen LogP contribution in [0.25, 0.3) is 110 Å². The first-order valence-corrected chi connectivity index (χ1v) is 19.7. The van der Waals surface area contributed by atoms with Crippen molar-refractivity contribution in [3.63, 3.8) is 0 Å². The molecule has 0 N–H and O–H groups in total. The summed E-state index contributed by atoms with van der Waals surface area (Å²) in [6.07, 6.45) is 0. The Kier molecular flexibility index (Phi) is 7.20. The number of nitrogens with zero attached hydrogens (tertiary/aromatic N) is 4. The zero-order valence-corrected chi connectivity index (χ0v) is 31.4. The quantitative estimate of drug-likeness (QED) is 0.176. The Morgan fingerprint density at radius 1 is 0.293 bits per heavy atom. The van der Waals surface area contributed by atoms with Crippen LogP contribution in [0.3, 0.4) is 0 Å².